The Morgan fingerprint density at radius 2 is 1.71 bits per heavy atom. The van der Waals surface area contributed by atoms with Gasteiger partial charge in [-0.15, -0.1) is 0 Å². The van der Waals surface area contributed by atoms with Gasteiger partial charge in [-0.2, -0.15) is 0 Å². The van der Waals surface area contributed by atoms with E-state index in [0.29, 0.717) is 17.0 Å². The molecule has 2 nitrogen and oxygen atoms in total. The fourth-order valence-corrected chi connectivity index (χ4v) is 4.44. The second kappa shape index (κ2) is 4.24. The van der Waals surface area contributed by atoms with Crippen molar-refractivity contribution in [2.45, 2.75) is 59.0 Å². The summed E-state index contributed by atoms with van der Waals surface area (Å²) in [6.07, 6.45) is 2.79. The van der Waals surface area contributed by atoms with E-state index < -0.39 is 0 Å². The molecule has 0 saturated carbocycles. The van der Waals surface area contributed by atoms with Gasteiger partial charge in [0.1, 0.15) is 0 Å². The largest absolute Gasteiger partial charge is 0.306 e. The molecule has 2 aliphatic heterocycles. The zero-order valence-corrected chi connectivity index (χ0v) is 12.6. The summed E-state index contributed by atoms with van der Waals surface area (Å²) >= 11 is 0. The number of rotatable bonds is 1. The summed E-state index contributed by atoms with van der Waals surface area (Å²) in [5.41, 5.74) is 0.932. The van der Waals surface area contributed by atoms with E-state index in [9.17, 15) is 0 Å². The van der Waals surface area contributed by atoms with Crippen LogP contribution in [0.25, 0.3) is 0 Å². The molecule has 17 heavy (non-hydrogen) atoms. The molecule has 2 heteroatoms. The minimum Gasteiger partial charge on any atom is -0.306 e. The lowest BCUT2D eigenvalue weighted by Gasteiger charge is -2.57. The molecule has 2 rings (SSSR count). The quantitative estimate of drug-likeness (QED) is 0.693. The maximum atomic E-state index is 2.71. The summed E-state index contributed by atoms with van der Waals surface area (Å²) < 4.78 is 0. The standard InChI is InChI=1S/C15H30N2/c1-12(2)17-10-8-15(7-9-16(6)11-15)13(3)14(17,4)5/h12-13H,7-11H2,1-6H3. The zero-order chi connectivity index (χ0) is 12.8. The lowest BCUT2D eigenvalue weighted by molar-refractivity contribution is -0.0709. The number of likely N-dealkylation sites (tertiary alicyclic amines) is 2. The fraction of sp³-hybridized carbons (Fsp3) is 1.00. The summed E-state index contributed by atoms with van der Waals surface area (Å²) in [5, 5.41) is 0. The molecular weight excluding hydrogens is 208 g/mol. The van der Waals surface area contributed by atoms with Crippen molar-refractivity contribution in [1.29, 1.82) is 0 Å². The summed E-state index contributed by atoms with van der Waals surface area (Å²) in [4.78, 5) is 5.23. The van der Waals surface area contributed by atoms with Crippen LogP contribution >= 0.6 is 0 Å². The van der Waals surface area contributed by atoms with Crippen LogP contribution < -0.4 is 0 Å². The molecule has 1 spiro atoms. The van der Waals surface area contributed by atoms with Gasteiger partial charge in [-0.1, -0.05) is 6.92 Å². The normalized spacial score (nSPS) is 39.4. The first kappa shape index (κ1) is 13.4. The van der Waals surface area contributed by atoms with Crippen molar-refractivity contribution in [1.82, 2.24) is 9.80 Å². The Morgan fingerprint density at radius 3 is 2.18 bits per heavy atom. The molecular formula is C15H30N2. The molecule has 0 aromatic rings. The first-order chi connectivity index (χ1) is 7.79. The molecule has 2 aliphatic rings. The minimum absolute atomic E-state index is 0.345. The topological polar surface area (TPSA) is 6.48 Å². The second-order valence-corrected chi connectivity index (χ2v) is 7.26. The van der Waals surface area contributed by atoms with Crippen molar-refractivity contribution in [3.8, 4) is 0 Å². The van der Waals surface area contributed by atoms with Crippen LogP contribution in [0.2, 0.25) is 0 Å². The second-order valence-electron chi connectivity index (χ2n) is 7.26. The van der Waals surface area contributed by atoms with Crippen molar-refractivity contribution in [3.63, 3.8) is 0 Å². The van der Waals surface area contributed by atoms with E-state index in [-0.39, 0.29) is 0 Å². The van der Waals surface area contributed by atoms with Crippen molar-refractivity contribution in [2.24, 2.45) is 11.3 Å². The Kier molecular flexibility index (Phi) is 3.33. The fourth-order valence-electron chi connectivity index (χ4n) is 4.44. The van der Waals surface area contributed by atoms with Crippen LogP contribution in [-0.4, -0.2) is 48.1 Å². The predicted octanol–water partition coefficient (Wildman–Crippen LogP) is 2.84. The molecule has 0 amide bonds. The van der Waals surface area contributed by atoms with Crippen LogP contribution in [0.5, 0.6) is 0 Å². The molecule has 2 unspecified atom stereocenters. The van der Waals surface area contributed by atoms with Crippen LogP contribution in [0.1, 0.15) is 47.5 Å². The smallest absolute Gasteiger partial charge is 0.0187 e. The SMILES string of the molecule is CC(C)N1CCC2(CCN(C)C2)C(C)C1(C)C. The van der Waals surface area contributed by atoms with Crippen molar-refractivity contribution < 1.29 is 0 Å². The molecule has 0 N–H and O–H groups in total. The van der Waals surface area contributed by atoms with Crippen LogP contribution in [0.4, 0.5) is 0 Å². The van der Waals surface area contributed by atoms with Crippen LogP contribution in [0.15, 0.2) is 0 Å². The lowest BCUT2D eigenvalue weighted by atomic mass is 9.62. The van der Waals surface area contributed by atoms with Gasteiger partial charge < -0.3 is 4.90 Å². The maximum Gasteiger partial charge on any atom is 0.0187 e. The van der Waals surface area contributed by atoms with Crippen molar-refractivity contribution in [3.05, 3.63) is 0 Å². The molecule has 0 radical (unpaired) electrons. The number of nitrogens with zero attached hydrogens (tertiary/aromatic N) is 2. The lowest BCUT2D eigenvalue weighted by Crippen LogP contribution is -2.61. The molecule has 2 heterocycles. The molecule has 100 valence electrons. The average molecular weight is 238 g/mol. The van der Waals surface area contributed by atoms with Gasteiger partial charge in [0.15, 0.2) is 0 Å². The van der Waals surface area contributed by atoms with Crippen LogP contribution in [-0.2, 0) is 0 Å². The summed E-state index contributed by atoms with van der Waals surface area (Å²) in [7, 11) is 2.28. The van der Waals surface area contributed by atoms with Gasteiger partial charge in [0.2, 0.25) is 0 Å². The zero-order valence-electron chi connectivity index (χ0n) is 12.6. The number of piperidine rings is 1. The Hall–Kier alpha value is -0.0800. The third-order valence-electron chi connectivity index (χ3n) is 5.77. The summed E-state index contributed by atoms with van der Waals surface area (Å²) in [6.45, 7) is 16.0. The highest BCUT2D eigenvalue weighted by Crippen LogP contribution is 2.50. The monoisotopic (exact) mass is 238 g/mol. The highest BCUT2D eigenvalue weighted by molar-refractivity contribution is 5.05. The number of hydrogen-bond acceptors (Lipinski definition) is 2. The van der Waals surface area contributed by atoms with Gasteiger partial charge in [-0.25, -0.2) is 0 Å². The van der Waals surface area contributed by atoms with Crippen molar-refractivity contribution >= 4 is 0 Å². The predicted molar refractivity (Wildman–Crippen MR) is 74.2 cm³/mol. The van der Waals surface area contributed by atoms with E-state index in [1.54, 1.807) is 0 Å². The third-order valence-corrected chi connectivity index (χ3v) is 5.77. The van der Waals surface area contributed by atoms with E-state index in [2.05, 4.69) is 51.5 Å². The first-order valence-corrected chi connectivity index (χ1v) is 7.25. The van der Waals surface area contributed by atoms with Crippen LogP contribution in [0, 0.1) is 11.3 Å². The first-order valence-electron chi connectivity index (χ1n) is 7.25. The van der Waals surface area contributed by atoms with E-state index in [0.717, 1.165) is 5.92 Å². The van der Waals surface area contributed by atoms with Gasteiger partial charge in [0, 0.05) is 18.1 Å². The Balaban J connectivity index is 2.22. The van der Waals surface area contributed by atoms with E-state index in [1.165, 1.54) is 32.5 Å². The minimum atomic E-state index is 0.345. The molecule has 0 aromatic carbocycles. The highest BCUT2D eigenvalue weighted by Gasteiger charge is 2.52. The van der Waals surface area contributed by atoms with Gasteiger partial charge >= 0.3 is 0 Å². The molecule has 2 atom stereocenters. The summed E-state index contributed by atoms with van der Waals surface area (Å²) in [5.74, 6) is 0.788. The van der Waals surface area contributed by atoms with Gasteiger partial charge in [0.25, 0.3) is 0 Å². The Morgan fingerprint density at radius 1 is 1.12 bits per heavy atom. The van der Waals surface area contributed by atoms with Gasteiger partial charge in [0.05, 0.1) is 0 Å². The third kappa shape index (κ3) is 2.04. The molecule has 0 aromatic heterocycles. The summed E-state index contributed by atoms with van der Waals surface area (Å²) in [6, 6.07) is 0.670. The molecule has 0 bridgehead atoms. The Labute approximate surface area is 107 Å². The van der Waals surface area contributed by atoms with Gasteiger partial charge in [-0.05, 0) is 72.0 Å². The maximum absolute atomic E-state index is 2.71. The molecule has 2 saturated heterocycles. The Bertz CT molecular complexity index is 285. The van der Waals surface area contributed by atoms with E-state index >= 15 is 0 Å². The van der Waals surface area contributed by atoms with Gasteiger partial charge in [-0.3, -0.25) is 4.90 Å². The average Bonchev–Trinajstić information content (AvgIpc) is 2.57. The highest BCUT2D eigenvalue weighted by atomic mass is 15.2. The molecule has 0 aliphatic carbocycles. The number of hydrogen-bond donors (Lipinski definition) is 0. The van der Waals surface area contributed by atoms with Crippen molar-refractivity contribution in [2.75, 3.05) is 26.7 Å². The van der Waals surface area contributed by atoms with E-state index in [4.69, 9.17) is 0 Å². The van der Waals surface area contributed by atoms with Crippen LogP contribution in [0.3, 0.4) is 0 Å². The van der Waals surface area contributed by atoms with E-state index in [1.807, 2.05) is 0 Å². The molecule has 2 fully saturated rings.